The van der Waals surface area contributed by atoms with Crippen LogP contribution in [-0.2, 0) is 6.18 Å². The highest BCUT2D eigenvalue weighted by atomic mass is 19.4. The van der Waals surface area contributed by atoms with Gasteiger partial charge < -0.3 is 5.11 Å². The molecule has 0 unspecified atom stereocenters. The molecular formula is C13H12F3N3O2. The Morgan fingerprint density at radius 2 is 2.00 bits per heavy atom. The summed E-state index contributed by atoms with van der Waals surface area (Å²) in [6, 6.07) is 3.39. The summed E-state index contributed by atoms with van der Waals surface area (Å²) in [4.78, 5) is 15.2. The van der Waals surface area contributed by atoms with E-state index >= 15 is 0 Å². The van der Waals surface area contributed by atoms with Crippen LogP contribution < -0.4 is 0 Å². The monoisotopic (exact) mass is 299 g/mol. The largest absolute Gasteiger partial charge is 0.478 e. The van der Waals surface area contributed by atoms with Crippen molar-refractivity contribution in [2.75, 3.05) is 0 Å². The summed E-state index contributed by atoms with van der Waals surface area (Å²) in [6.45, 7) is 3.62. The number of aromatic nitrogens is 3. The Labute approximate surface area is 118 Å². The van der Waals surface area contributed by atoms with Gasteiger partial charge in [0.15, 0.2) is 11.5 Å². The number of carboxylic acid groups (broad SMARTS) is 1. The Kier molecular flexibility index (Phi) is 3.71. The third kappa shape index (κ3) is 3.21. The summed E-state index contributed by atoms with van der Waals surface area (Å²) < 4.78 is 38.5. The van der Waals surface area contributed by atoms with Gasteiger partial charge in [-0.2, -0.15) is 18.3 Å². The van der Waals surface area contributed by atoms with Crippen LogP contribution in [-0.4, -0.2) is 25.8 Å². The zero-order valence-corrected chi connectivity index (χ0v) is 11.2. The Bertz CT molecular complexity index is 678. The lowest BCUT2D eigenvalue weighted by atomic mass is 10.1. The minimum atomic E-state index is -4.56. The number of rotatable bonds is 3. The van der Waals surface area contributed by atoms with Gasteiger partial charge in [0.1, 0.15) is 0 Å². The van der Waals surface area contributed by atoms with Crippen LogP contribution in [0.2, 0.25) is 0 Å². The lowest BCUT2D eigenvalue weighted by molar-refractivity contribution is -0.141. The number of hydrogen-bond acceptors (Lipinski definition) is 3. The van der Waals surface area contributed by atoms with Crippen LogP contribution in [0.15, 0.2) is 24.4 Å². The molecule has 0 aliphatic heterocycles. The molecule has 21 heavy (non-hydrogen) atoms. The van der Waals surface area contributed by atoms with Crippen LogP contribution in [0.25, 0.3) is 5.82 Å². The molecule has 0 aliphatic rings. The van der Waals surface area contributed by atoms with Crippen LogP contribution in [0.1, 0.15) is 41.5 Å². The first-order valence-electron chi connectivity index (χ1n) is 6.07. The third-order valence-corrected chi connectivity index (χ3v) is 2.78. The lowest BCUT2D eigenvalue weighted by Gasteiger charge is -2.09. The molecule has 2 rings (SSSR count). The second kappa shape index (κ2) is 5.19. The molecule has 8 heteroatoms. The molecule has 0 spiro atoms. The van der Waals surface area contributed by atoms with E-state index in [9.17, 15) is 18.0 Å². The molecule has 1 N–H and O–H groups in total. The van der Waals surface area contributed by atoms with Crippen LogP contribution in [0.3, 0.4) is 0 Å². The van der Waals surface area contributed by atoms with Crippen molar-refractivity contribution in [1.82, 2.24) is 14.8 Å². The molecule has 0 saturated heterocycles. The molecule has 0 aliphatic carbocycles. The number of hydrogen-bond donors (Lipinski definition) is 1. The average Bonchev–Trinajstić information content (AvgIpc) is 2.87. The van der Waals surface area contributed by atoms with Gasteiger partial charge in [0, 0.05) is 11.9 Å². The quantitative estimate of drug-likeness (QED) is 0.945. The molecule has 0 atom stereocenters. The second-order valence-electron chi connectivity index (χ2n) is 4.74. The lowest BCUT2D eigenvalue weighted by Crippen LogP contribution is -2.10. The zero-order chi connectivity index (χ0) is 15.8. The molecule has 0 aromatic carbocycles. The topological polar surface area (TPSA) is 68.0 Å². The van der Waals surface area contributed by atoms with Crippen LogP contribution in [0.4, 0.5) is 13.2 Å². The van der Waals surface area contributed by atoms with E-state index in [0.717, 1.165) is 16.9 Å². The molecule has 0 radical (unpaired) electrons. The second-order valence-corrected chi connectivity index (χ2v) is 4.74. The van der Waals surface area contributed by atoms with Crippen molar-refractivity contribution >= 4 is 5.97 Å². The van der Waals surface area contributed by atoms with Crippen molar-refractivity contribution in [3.05, 3.63) is 41.3 Å². The first-order chi connectivity index (χ1) is 9.68. The number of halogens is 3. The van der Waals surface area contributed by atoms with E-state index in [1.807, 2.05) is 13.8 Å². The van der Waals surface area contributed by atoms with Gasteiger partial charge in [-0.05, 0) is 24.1 Å². The third-order valence-electron chi connectivity index (χ3n) is 2.78. The van der Waals surface area contributed by atoms with E-state index < -0.39 is 17.8 Å². The Morgan fingerprint density at radius 1 is 1.33 bits per heavy atom. The molecule has 112 valence electrons. The minimum Gasteiger partial charge on any atom is -0.478 e. The highest BCUT2D eigenvalue weighted by Crippen LogP contribution is 2.28. The average molecular weight is 299 g/mol. The summed E-state index contributed by atoms with van der Waals surface area (Å²) >= 11 is 0. The van der Waals surface area contributed by atoms with Crippen molar-refractivity contribution < 1.29 is 23.1 Å². The first-order valence-corrected chi connectivity index (χ1v) is 6.07. The van der Waals surface area contributed by atoms with Gasteiger partial charge in [0.25, 0.3) is 0 Å². The van der Waals surface area contributed by atoms with E-state index in [1.54, 1.807) is 0 Å². The fourth-order valence-corrected chi connectivity index (χ4v) is 1.68. The van der Waals surface area contributed by atoms with Gasteiger partial charge in [-0.3, -0.25) is 0 Å². The van der Waals surface area contributed by atoms with Crippen molar-refractivity contribution in [1.29, 1.82) is 0 Å². The van der Waals surface area contributed by atoms with Crippen LogP contribution in [0, 0.1) is 0 Å². The summed E-state index contributed by atoms with van der Waals surface area (Å²) in [5.41, 5.74) is -0.641. The summed E-state index contributed by atoms with van der Waals surface area (Å²) in [5.74, 6) is -1.21. The maximum Gasteiger partial charge on any atom is 0.435 e. The SMILES string of the molecule is CC(C)c1cc(C(=O)O)cc(-n2ccc(C(F)(F)F)n2)n1. The van der Waals surface area contributed by atoms with Crippen molar-refractivity contribution in [3.8, 4) is 5.82 Å². The molecule has 2 aromatic rings. The van der Waals surface area contributed by atoms with E-state index in [2.05, 4.69) is 10.1 Å². The number of carboxylic acids is 1. The number of alkyl halides is 3. The van der Waals surface area contributed by atoms with Gasteiger partial charge in [-0.15, -0.1) is 0 Å². The van der Waals surface area contributed by atoms with Crippen LogP contribution >= 0.6 is 0 Å². The molecular weight excluding hydrogens is 287 g/mol. The number of carbonyl (C=O) groups is 1. The molecule has 2 heterocycles. The Hall–Kier alpha value is -2.38. The van der Waals surface area contributed by atoms with Gasteiger partial charge >= 0.3 is 12.1 Å². The smallest absolute Gasteiger partial charge is 0.435 e. The van der Waals surface area contributed by atoms with Gasteiger partial charge in [0.05, 0.1) is 5.56 Å². The molecule has 0 bridgehead atoms. The predicted octanol–water partition coefficient (Wildman–Crippen LogP) is 3.11. The van der Waals surface area contributed by atoms with Gasteiger partial charge in [-0.25, -0.2) is 14.5 Å². The highest BCUT2D eigenvalue weighted by molar-refractivity contribution is 5.88. The van der Waals surface area contributed by atoms with Crippen molar-refractivity contribution in [2.24, 2.45) is 0 Å². The zero-order valence-electron chi connectivity index (χ0n) is 11.2. The fraction of sp³-hybridized carbons (Fsp3) is 0.308. The van der Waals surface area contributed by atoms with Crippen LogP contribution in [0.5, 0.6) is 0 Å². The standard InChI is InChI=1S/C13H12F3N3O2/c1-7(2)9-5-8(12(20)21)6-11(17-9)19-4-3-10(18-19)13(14,15)16/h3-7H,1-2H3,(H,20,21). The molecule has 5 nitrogen and oxygen atoms in total. The van der Waals surface area contributed by atoms with Gasteiger partial charge in [-0.1, -0.05) is 13.8 Å². The van der Waals surface area contributed by atoms with Crippen molar-refractivity contribution in [2.45, 2.75) is 25.9 Å². The fourth-order valence-electron chi connectivity index (χ4n) is 1.68. The minimum absolute atomic E-state index is 0.0362. The van der Waals surface area contributed by atoms with Gasteiger partial charge in [0.2, 0.25) is 0 Å². The number of aromatic carboxylic acids is 1. The van der Waals surface area contributed by atoms with E-state index in [0.29, 0.717) is 5.69 Å². The number of pyridine rings is 1. The van der Waals surface area contributed by atoms with E-state index in [1.165, 1.54) is 12.1 Å². The van der Waals surface area contributed by atoms with E-state index in [-0.39, 0.29) is 17.3 Å². The molecule has 0 amide bonds. The number of nitrogens with zero attached hydrogens (tertiary/aromatic N) is 3. The summed E-state index contributed by atoms with van der Waals surface area (Å²) in [6.07, 6.45) is -3.46. The first kappa shape index (κ1) is 15.0. The molecule has 0 saturated carbocycles. The summed E-state index contributed by atoms with van der Waals surface area (Å²) in [5, 5.41) is 12.4. The maximum atomic E-state index is 12.5. The van der Waals surface area contributed by atoms with Crippen molar-refractivity contribution in [3.63, 3.8) is 0 Å². The highest BCUT2D eigenvalue weighted by Gasteiger charge is 2.33. The Balaban J connectivity index is 2.52. The predicted molar refractivity (Wildman–Crippen MR) is 67.4 cm³/mol. The molecule has 2 aromatic heterocycles. The Morgan fingerprint density at radius 3 is 2.48 bits per heavy atom. The summed E-state index contributed by atoms with van der Waals surface area (Å²) in [7, 11) is 0. The maximum absolute atomic E-state index is 12.5. The molecule has 0 fully saturated rings. The normalized spacial score (nSPS) is 11.9. The van der Waals surface area contributed by atoms with E-state index in [4.69, 9.17) is 5.11 Å².